The maximum Gasteiger partial charge on any atom is 0.312 e. The Kier molecular flexibility index (Phi) is 3.82. The number of aliphatic carboxylic acids is 1. The Bertz CT molecular complexity index is 188. The van der Waals surface area contributed by atoms with Gasteiger partial charge in [-0.3, -0.25) is 4.79 Å². The summed E-state index contributed by atoms with van der Waals surface area (Å²) in [6.45, 7) is 5.65. The second-order valence-corrected chi connectivity index (χ2v) is 3.89. The number of hydrogen-bond donors (Lipinski definition) is 1. The van der Waals surface area contributed by atoms with Crippen LogP contribution in [0.25, 0.3) is 0 Å². The minimum Gasteiger partial charge on any atom is -0.481 e. The van der Waals surface area contributed by atoms with E-state index in [-0.39, 0.29) is 0 Å². The summed E-state index contributed by atoms with van der Waals surface area (Å²) in [5.41, 5.74) is 0. The van der Waals surface area contributed by atoms with E-state index in [4.69, 9.17) is 5.11 Å². The number of halogens is 2. The van der Waals surface area contributed by atoms with Crippen molar-refractivity contribution in [1.29, 1.82) is 0 Å². The predicted molar refractivity (Wildman–Crippen MR) is 45.7 cm³/mol. The minimum absolute atomic E-state index is 0.560. The van der Waals surface area contributed by atoms with Crippen LogP contribution < -0.4 is 0 Å². The largest absolute Gasteiger partial charge is 0.481 e. The normalized spacial score (nSPS) is 15.1. The van der Waals surface area contributed by atoms with Crippen LogP contribution in [0.15, 0.2) is 0 Å². The first kappa shape index (κ1) is 12.3. The highest BCUT2D eigenvalue weighted by atomic mass is 19.3. The summed E-state index contributed by atoms with van der Waals surface area (Å²) in [4.78, 5) is 10.6. The number of carboxylic acid groups (broad SMARTS) is 1. The highest BCUT2D eigenvalue weighted by molar-refractivity contribution is 5.71. The number of rotatable bonds is 4. The van der Waals surface area contributed by atoms with Crippen LogP contribution in [0.1, 0.15) is 27.7 Å². The second-order valence-electron chi connectivity index (χ2n) is 3.89. The topological polar surface area (TPSA) is 37.3 Å². The lowest BCUT2D eigenvalue weighted by Gasteiger charge is -2.29. The van der Waals surface area contributed by atoms with Gasteiger partial charge in [0.05, 0.1) is 0 Å². The maximum atomic E-state index is 13.3. The van der Waals surface area contributed by atoms with E-state index in [1.54, 1.807) is 0 Å². The fraction of sp³-hybridized carbons (Fsp3) is 0.889. The van der Waals surface area contributed by atoms with E-state index in [0.717, 1.165) is 0 Å². The average Bonchev–Trinajstić information content (AvgIpc) is 1.82. The van der Waals surface area contributed by atoms with E-state index in [1.165, 1.54) is 27.7 Å². The Morgan fingerprint density at radius 2 is 1.62 bits per heavy atom. The minimum atomic E-state index is -3.14. The van der Waals surface area contributed by atoms with Gasteiger partial charge in [-0.15, -0.1) is 0 Å². The van der Waals surface area contributed by atoms with Crippen LogP contribution in [0, 0.1) is 17.8 Å². The summed E-state index contributed by atoms with van der Waals surface area (Å²) in [5.74, 6) is -7.66. The van der Waals surface area contributed by atoms with Crippen LogP contribution >= 0.6 is 0 Å². The Labute approximate surface area is 76.9 Å². The van der Waals surface area contributed by atoms with Gasteiger partial charge in [0, 0.05) is 5.92 Å². The smallest absolute Gasteiger partial charge is 0.312 e. The Morgan fingerprint density at radius 3 is 1.69 bits per heavy atom. The van der Waals surface area contributed by atoms with E-state index >= 15 is 0 Å². The molecule has 0 bridgehead atoms. The SMILES string of the molecule is CC(C)[C@H](C(=O)O)C(F)(F)C(C)C. The lowest BCUT2D eigenvalue weighted by Crippen LogP contribution is -2.42. The van der Waals surface area contributed by atoms with Crippen molar-refractivity contribution in [1.82, 2.24) is 0 Å². The molecular weight excluding hydrogens is 178 g/mol. The molecule has 0 aromatic carbocycles. The summed E-state index contributed by atoms with van der Waals surface area (Å²) in [6, 6.07) is 0. The van der Waals surface area contributed by atoms with Crippen molar-refractivity contribution in [3.05, 3.63) is 0 Å². The number of hydrogen-bond acceptors (Lipinski definition) is 1. The average molecular weight is 194 g/mol. The van der Waals surface area contributed by atoms with Gasteiger partial charge in [0.1, 0.15) is 5.92 Å². The highest BCUT2D eigenvalue weighted by Crippen LogP contribution is 2.36. The van der Waals surface area contributed by atoms with E-state index in [9.17, 15) is 13.6 Å². The van der Waals surface area contributed by atoms with Crippen LogP contribution in [0.3, 0.4) is 0 Å². The summed E-state index contributed by atoms with van der Waals surface area (Å²) < 4.78 is 26.7. The molecule has 0 spiro atoms. The van der Waals surface area contributed by atoms with Gasteiger partial charge in [-0.2, -0.15) is 0 Å². The maximum absolute atomic E-state index is 13.3. The zero-order valence-corrected chi connectivity index (χ0v) is 8.34. The molecular formula is C9H16F2O2. The van der Waals surface area contributed by atoms with Crippen LogP contribution in [-0.2, 0) is 4.79 Å². The van der Waals surface area contributed by atoms with Gasteiger partial charge in [0.2, 0.25) is 0 Å². The van der Waals surface area contributed by atoms with Crippen molar-refractivity contribution >= 4 is 5.97 Å². The molecule has 4 heteroatoms. The molecule has 0 fully saturated rings. The molecule has 2 nitrogen and oxygen atoms in total. The third-order valence-electron chi connectivity index (χ3n) is 2.12. The Morgan fingerprint density at radius 1 is 1.23 bits per heavy atom. The molecule has 0 aliphatic carbocycles. The molecule has 0 unspecified atom stereocenters. The molecule has 0 amide bonds. The highest BCUT2D eigenvalue weighted by Gasteiger charge is 2.48. The van der Waals surface area contributed by atoms with Crippen LogP contribution in [0.2, 0.25) is 0 Å². The lowest BCUT2D eigenvalue weighted by atomic mass is 9.84. The number of carbonyl (C=O) groups is 1. The van der Waals surface area contributed by atoms with Gasteiger partial charge < -0.3 is 5.11 Å². The molecule has 0 saturated carbocycles. The first-order valence-corrected chi connectivity index (χ1v) is 4.31. The number of alkyl halides is 2. The first-order chi connectivity index (χ1) is 5.71. The van der Waals surface area contributed by atoms with Crippen LogP contribution in [-0.4, -0.2) is 17.0 Å². The van der Waals surface area contributed by atoms with Gasteiger partial charge in [-0.1, -0.05) is 27.7 Å². The molecule has 1 atom stereocenters. The quantitative estimate of drug-likeness (QED) is 0.747. The lowest BCUT2D eigenvalue weighted by molar-refractivity contribution is -0.169. The summed E-state index contributed by atoms with van der Waals surface area (Å²) in [5, 5.41) is 8.65. The Balaban J connectivity index is 4.83. The molecule has 0 heterocycles. The predicted octanol–water partition coefficient (Wildman–Crippen LogP) is 2.63. The monoisotopic (exact) mass is 194 g/mol. The molecule has 13 heavy (non-hydrogen) atoms. The van der Waals surface area contributed by atoms with Crippen molar-refractivity contribution in [3.8, 4) is 0 Å². The van der Waals surface area contributed by atoms with Gasteiger partial charge >= 0.3 is 5.97 Å². The first-order valence-electron chi connectivity index (χ1n) is 4.31. The molecule has 0 saturated heterocycles. The van der Waals surface area contributed by atoms with Gasteiger partial charge in [0.25, 0.3) is 5.92 Å². The molecule has 0 aromatic rings. The van der Waals surface area contributed by atoms with E-state index in [0.29, 0.717) is 0 Å². The van der Waals surface area contributed by atoms with Crippen molar-refractivity contribution in [2.45, 2.75) is 33.6 Å². The molecule has 0 aliphatic rings. The standard InChI is InChI=1S/C9H16F2O2/c1-5(2)7(8(12)13)9(10,11)6(3)4/h5-7H,1-4H3,(H,12,13)/t7-/m1/s1. The summed E-state index contributed by atoms with van der Waals surface area (Å²) in [6.07, 6.45) is 0. The fourth-order valence-corrected chi connectivity index (χ4v) is 1.25. The van der Waals surface area contributed by atoms with Crippen molar-refractivity contribution in [2.24, 2.45) is 17.8 Å². The van der Waals surface area contributed by atoms with Crippen molar-refractivity contribution in [2.75, 3.05) is 0 Å². The third-order valence-corrected chi connectivity index (χ3v) is 2.12. The molecule has 78 valence electrons. The number of carboxylic acids is 1. The zero-order chi connectivity index (χ0) is 10.8. The van der Waals surface area contributed by atoms with Crippen molar-refractivity contribution < 1.29 is 18.7 Å². The Hall–Kier alpha value is -0.670. The molecule has 0 aromatic heterocycles. The summed E-state index contributed by atoms with van der Waals surface area (Å²) in [7, 11) is 0. The molecule has 0 radical (unpaired) electrons. The van der Waals surface area contributed by atoms with Crippen LogP contribution in [0.5, 0.6) is 0 Å². The van der Waals surface area contributed by atoms with Gasteiger partial charge in [0.15, 0.2) is 0 Å². The van der Waals surface area contributed by atoms with Crippen molar-refractivity contribution in [3.63, 3.8) is 0 Å². The molecule has 0 rings (SSSR count). The van der Waals surface area contributed by atoms with Crippen LogP contribution in [0.4, 0.5) is 8.78 Å². The molecule has 0 aliphatic heterocycles. The van der Waals surface area contributed by atoms with E-state index in [1.807, 2.05) is 0 Å². The fourth-order valence-electron chi connectivity index (χ4n) is 1.25. The molecule has 1 N–H and O–H groups in total. The van der Waals surface area contributed by atoms with E-state index < -0.39 is 29.6 Å². The third kappa shape index (κ3) is 2.64. The second kappa shape index (κ2) is 4.03. The van der Waals surface area contributed by atoms with Gasteiger partial charge in [-0.25, -0.2) is 8.78 Å². The summed E-state index contributed by atoms with van der Waals surface area (Å²) >= 11 is 0. The van der Waals surface area contributed by atoms with Gasteiger partial charge in [-0.05, 0) is 5.92 Å². The van der Waals surface area contributed by atoms with E-state index in [2.05, 4.69) is 0 Å². The zero-order valence-electron chi connectivity index (χ0n) is 8.34.